The summed E-state index contributed by atoms with van der Waals surface area (Å²) in [6, 6.07) is 8.00. The molecular formula is C11H15NO. The predicted molar refractivity (Wildman–Crippen MR) is 53.4 cm³/mol. The van der Waals surface area contributed by atoms with Crippen LogP contribution in [0.4, 0.5) is 5.69 Å². The van der Waals surface area contributed by atoms with Crippen LogP contribution in [0.2, 0.25) is 0 Å². The van der Waals surface area contributed by atoms with Gasteiger partial charge in [-0.15, -0.1) is 0 Å². The van der Waals surface area contributed by atoms with Crippen molar-refractivity contribution in [2.75, 3.05) is 12.3 Å². The minimum atomic E-state index is 0.300. The Kier molecular flexibility index (Phi) is 2.50. The monoisotopic (exact) mass is 177 g/mol. The maximum atomic E-state index is 5.66. The summed E-state index contributed by atoms with van der Waals surface area (Å²) in [6.45, 7) is 0.898. The van der Waals surface area contributed by atoms with Crippen LogP contribution in [0.1, 0.15) is 30.9 Å². The van der Waals surface area contributed by atoms with E-state index in [0.717, 1.165) is 18.7 Å². The lowest BCUT2D eigenvalue weighted by Crippen LogP contribution is -2.11. The third-order valence-corrected chi connectivity index (χ3v) is 2.49. The van der Waals surface area contributed by atoms with Crippen molar-refractivity contribution in [3.05, 3.63) is 29.8 Å². The molecule has 1 saturated heterocycles. The Morgan fingerprint density at radius 3 is 2.54 bits per heavy atom. The van der Waals surface area contributed by atoms with Crippen LogP contribution in [0.5, 0.6) is 0 Å². The highest BCUT2D eigenvalue weighted by atomic mass is 16.5. The zero-order chi connectivity index (χ0) is 9.10. The average Bonchev–Trinajstić information content (AvgIpc) is 2.20. The van der Waals surface area contributed by atoms with E-state index in [-0.39, 0.29) is 0 Å². The molecule has 1 atom stereocenters. The standard InChI is InChI=1S/C11H15NO/c12-10-6-4-9(5-7-10)11-3-1-2-8-13-11/h4-7,11H,1-3,8,12H2. The van der Waals surface area contributed by atoms with Gasteiger partial charge in [-0.25, -0.2) is 0 Å². The first-order valence-corrected chi connectivity index (χ1v) is 4.83. The number of ether oxygens (including phenoxy) is 1. The summed E-state index contributed by atoms with van der Waals surface area (Å²) in [5.41, 5.74) is 7.69. The number of benzene rings is 1. The molecule has 0 bridgehead atoms. The van der Waals surface area contributed by atoms with E-state index in [0.29, 0.717) is 6.10 Å². The van der Waals surface area contributed by atoms with Crippen LogP contribution in [-0.4, -0.2) is 6.61 Å². The van der Waals surface area contributed by atoms with Gasteiger partial charge in [0.05, 0.1) is 6.10 Å². The molecule has 0 aliphatic carbocycles. The van der Waals surface area contributed by atoms with Crippen molar-refractivity contribution in [1.82, 2.24) is 0 Å². The molecule has 1 aromatic carbocycles. The lowest BCUT2D eigenvalue weighted by Gasteiger charge is -2.22. The van der Waals surface area contributed by atoms with Crippen molar-refractivity contribution < 1.29 is 4.74 Å². The lowest BCUT2D eigenvalue weighted by molar-refractivity contribution is 0.0150. The van der Waals surface area contributed by atoms with Crippen LogP contribution in [0.3, 0.4) is 0 Å². The van der Waals surface area contributed by atoms with E-state index in [1.165, 1.54) is 18.4 Å². The van der Waals surface area contributed by atoms with Gasteiger partial charge in [0, 0.05) is 12.3 Å². The highest BCUT2D eigenvalue weighted by Crippen LogP contribution is 2.27. The molecule has 1 aliphatic heterocycles. The van der Waals surface area contributed by atoms with E-state index in [2.05, 4.69) is 12.1 Å². The third-order valence-electron chi connectivity index (χ3n) is 2.49. The van der Waals surface area contributed by atoms with Gasteiger partial charge in [-0.2, -0.15) is 0 Å². The molecule has 0 radical (unpaired) electrons. The molecule has 2 N–H and O–H groups in total. The zero-order valence-corrected chi connectivity index (χ0v) is 7.70. The van der Waals surface area contributed by atoms with Gasteiger partial charge >= 0.3 is 0 Å². The van der Waals surface area contributed by atoms with E-state index in [1.54, 1.807) is 0 Å². The molecule has 0 amide bonds. The summed E-state index contributed by atoms with van der Waals surface area (Å²) in [5.74, 6) is 0. The first-order chi connectivity index (χ1) is 6.36. The fourth-order valence-electron chi connectivity index (χ4n) is 1.71. The molecule has 1 unspecified atom stereocenters. The van der Waals surface area contributed by atoms with Crippen LogP contribution < -0.4 is 5.73 Å². The van der Waals surface area contributed by atoms with Crippen molar-refractivity contribution in [1.29, 1.82) is 0 Å². The van der Waals surface area contributed by atoms with Crippen molar-refractivity contribution >= 4 is 5.69 Å². The molecule has 2 rings (SSSR count). The van der Waals surface area contributed by atoms with Crippen LogP contribution in [-0.2, 0) is 4.74 Å². The summed E-state index contributed by atoms with van der Waals surface area (Å²) in [7, 11) is 0. The van der Waals surface area contributed by atoms with Gasteiger partial charge in [0.15, 0.2) is 0 Å². The number of anilines is 1. The third kappa shape index (κ3) is 2.01. The molecule has 1 aliphatic rings. The lowest BCUT2D eigenvalue weighted by atomic mass is 10.0. The first kappa shape index (κ1) is 8.57. The fraction of sp³-hybridized carbons (Fsp3) is 0.455. The van der Waals surface area contributed by atoms with Crippen LogP contribution >= 0.6 is 0 Å². The Labute approximate surface area is 78.7 Å². The fourth-order valence-corrected chi connectivity index (χ4v) is 1.71. The zero-order valence-electron chi connectivity index (χ0n) is 7.70. The molecule has 0 aromatic heterocycles. The highest BCUT2D eigenvalue weighted by molar-refractivity contribution is 5.39. The average molecular weight is 177 g/mol. The van der Waals surface area contributed by atoms with Crippen LogP contribution in [0.15, 0.2) is 24.3 Å². The normalized spacial score (nSPS) is 22.9. The maximum Gasteiger partial charge on any atom is 0.0825 e. The van der Waals surface area contributed by atoms with Gasteiger partial charge in [0.2, 0.25) is 0 Å². The second-order valence-corrected chi connectivity index (χ2v) is 3.52. The number of nitrogens with two attached hydrogens (primary N) is 1. The molecule has 0 saturated carbocycles. The van der Waals surface area contributed by atoms with Gasteiger partial charge in [-0.05, 0) is 37.0 Å². The quantitative estimate of drug-likeness (QED) is 0.669. The Balaban J connectivity index is 2.10. The Hall–Kier alpha value is -1.02. The van der Waals surface area contributed by atoms with Gasteiger partial charge in [-0.1, -0.05) is 12.1 Å². The highest BCUT2D eigenvalue weighted by Gasteiger charge is 2.15. The maximum absolute atomic E-state index is 5.66. The van der Waals surface area contributed by atoms with E-state index >= 15 is 0 Å². The molecule has 0 spiro atoms. The molecular weight excluding hydrogens is 162 g/mol. The minimum absolute atomic E-state index is 0.300. The minimum Gasteiger partial charge on any atom is -0.399 e. The molecule has 2 heteroatoms. The smallest absolute Gasteiger partial charge is 0.0825 e. The topological polar surface area (TPSA) is 35.2 Å². The number of nitrogen functional groups attached to an aromatic ring is 1. The van der Waals surface area contributed by atoms with Gasteiger partial charge in [-0.3, -0.25) is 0 Å². The van der Waals surface area contributed by atoms with Gasteiger partial charge < -0.3 is 10.5 Å². The molecule has 2 nitrogen and oxygen atoms in total. The van der Waals surface area contributed by atoms with E-state index < -0.39 is 0 Å². The Bertz CT molecular complexity index is 262. The van der Waals surface area contributed by atoms with Crippen molar-refractivity contribution in [3.63, 3.8) is 0 Å². The van der Waals surface area contributed by atoms with Crippen LogP contribution in [0.25, 0.3) is 0 Å². The molecule has 1 heterocycles. The van der Waals surface area contributed by atoms with Crippen molar-refractivity contribution in [2.24, 2.45) is 0 Å². The van der Waals surface area contributed by atoms with Crippen molar-refractivity contribution in [3.8, 4) is 0 Å². The molecule has 1 aromatic rings. The van der Waals surface area contributed by atoms with E-state index in [9.17, 15) is 0 Å². The largest absolute Gasteiger partial charge is 0.399 e. The summed E-state index contributed by atoms with van der Waals surface area (Å²) in [5, 5.41) is 0. The SMILES string of the molecule is Nc1ccc(C2CCCCO2)cc1. The van der Waals surface area contributed by atoms with Gasteiger partial charge in [0.25, 0.3) is 0 Å². The summed E-state index contributed by atoms with van der Waals surface area (Å²) in [4.78, 5) is 0. The van der Waals surface area contributed by atoms with Gasteiger partial charge in [0.1, 0.15) is 0 Å². The predicted octanol–water partition coefficient (Wildman–Crippen LogP) is 2.51. The summed E-state index contributed by atoms with van der Waals surface area (Å²) < 4.78 is 5.66. The Morgan fingerprint density at radius 1 is 1.15 bits per heavy atom. The summed E-state index contributed by atoms with van der Waals surface area (Å²) in [6.07, 6.45) is 3.92. The molecule has 1 fully saturated rings. The second kappa shape index (κ2) is 3.79. The van der Waals surface area contributed by atoms with E-state index in [1.807, 2.05) is 12.1 Å². The first-order valence-electron chi connectivity index (χ1n) is 4.83. The number of hydrogen-bond acceptors (Lipinski definition) is 2. The van der Waals surface area contributed by atoms with E-state index in [4.69, 9.17) is 10.5 Å². The van der Waals surface area contributed by atoms with Crippen LogP contribution in [0, 0.1) is 0 Å². The molecule has 70 valence electrons. The second-order valence-electron chi connectivity index (χ2n) is 3.52. The summed E-state index contributed by atoms with van der Waals surface area (Å²) >= 11 is 0. The number of hydrogen-bond donors (Lipinski definition) is 1. The number of rotatable bonds is 1. The molecule has 13 heavy (non-hydrogen) atoms. The van der Waals surface area contributed by atoms with Crippen molar-refractivity contribution in [2.45, 2.75) is 25.4 Å². The Morgan fingerprint density at radius 2 is 1.92 bits per heavy atom.